The Balaban J connectivity index is 2.29. The first kappa shape index (κ1) is 14.3. The number of hydrogen-bond acceptors (Lipinski definition) is 3. The lowest BCUT2D eigenvalue weighted by Crippen LogP contribution is -2.16. The molecule has 2 aromatic rings. The minimum Gasteiger partial charge on any atom is -0.481 e. The van der Waals surface area contributed by atoms with Gasteiger partial charge in [-0.25, -0.2) is 9.37 Å². The van der Waals surface area contributed by atoms with Crippen molar-refractivity contribution < 1.29 is 13.9 Å². The van der Waals surface area contributed by atoms with Gasteiger partial charge in [0.2, 0.25) is 5.88 Å². The number of hydrogen-bond donors (Lipinski definition) is 0. The standard InChI is InChI=1S/C16H15ClFNO2/c1-9-5-10-3-4-13(17)16(18)15(10)12-6-14(20-2)19-7-11(12)8-21-9/h3-4,6-7,9H,5,8H2,1-2H3/t9-/m1/s1. The molecule has 0 aliphatic carbocycles. The summed E-state index contributed by atoms with van der Waals surface area (Å²) in [4.78, 5) is 4.18. The second kappa shape index (κ2) is 5.62. The molecule has 110 valence electrons. The zero-order valence-corrected chi connectivity index (χ0v) is 12.6. The molecule has 0 bridgehead atoms. The average Bonchev–Trinajstić information content (AvgIpc) is 2.47. The second-order valence-corrected chi connectivity index (χ2v) is 5.51. The highest BCUT2D eigenvalue weighted by Gasteiger charge is 2.22. The minimum atomic E-state index is -0.405. The fourth-order valence-corrected chi connectivity index (χ4v) is 2.73. The largest absolute Gasteiger partial charge is 0.481 e. The van der Waals surface area contributed by atoms with Gasteiger partial charge in [0.05, 0.1) is 24.8 Å². The van der Waals surface area contributed by atoms with Crippen molar-refractivity contribution in [2.24, 2.45) is 0 Å². The molecular weight excluding hydrogens is 293 g/mol. The number of fused-ring (bicyclic) bond motifs is 3. The van der Waals surface area contributed by atoms with Crippen molar-refractivity contribution >= 4 is 11.6 Å². The summed E-state index contributed by atoms with van der Waals surface area (Å²) < 4.78 is 25.5. The predicted octanol–water partition coefficient (Wildman–Crippen LogP) is 4.01. The van der Waals surface area contributed by atoms with Gasteiger partial charge in [0, 0.05) is 23.4 Å². The van der Waals surface area contributed by atoms with Crippen molar-refractivity contribution in [1.29, 1.82) is 0 Å². The number of pyridine rings is 1. The van der Waals surface area contributed by atoms with Crippen LogP contribution in [0.15, 0.2) is 24.4 Å². The van der Waals surface area contributed by atoms with E-state index in [1.54, 1.807) is 18.3 Å². The highest BCUT2D eigenvalue weighted by molar-refractivity contribution is 6.31. The van der Waals surface area contributed by atoms with Gasteiger partial charge >= 0.3 is 0 Å². The minimum absolute atomic E-state index is 0.000391. The number of nitrogens with zero attached hydrogens (tertiary/aromatic N) is 1. The molecule has 21 heavy (non-hydrogen) atoms. The van der Waals surface area contributed by atoms with Gasteiger partial charge in [0.25, 0.3) is 0 Å². The van der Waals surface area contributed by atoms with Crippen LogP contribution in [0.3, 0.4) is 0 Å². The molecule has 0 N–H and O–H groups in total. The van der Waals surface area contributed by atoms with Crippen molar-refractivity contribution in [2.45, 2.75) is 26.1 Å². The third-order valence-electron chi connectivity index (χ3n) is 3.65. The Morgan fingerprint density at radius 1 is 1.38 bits per heavy atom. The molecular formula is C16H15ClFNO2. The van der Waals surface area contributed by atoms with Gasteiger partial charge in [0.1, 0.15) is 5.82 Å². The van der Waals surface area contributed by atoms with Gasteiger partial charge in [-0.05, 0) is 30.5 Å². The Morgan fingerprint density at radius 3 is 2.95 bits per heavy atom. The van der Waals surface area contributed by atoms with Crippen molar-refractivity contribution in [3.8, 4) is 17.0 Å². The van der Waals surface area contributed by atoms with Crippen LogP contribution in [-0.4, -0.2) is 18.2 Å². The third-order valence-corrected chi connectivity index (χ3v) is 3.94. The van der Waals surface area contributed by atoms with E-state index < -0.39 is 5.82 Å². The number of rotatable bonds is 1. The molecule has 2 heterocycles. The Bertz CT molecular complexity index is 690. The molecule has 3 nitrogen and oxygen atoms in total. The summed E-state index contributed by atoms with van der Waals surface area (Å²) in [6, 6.07) is 5.16. The van der Waals surface area contributed by atoms with Crippen LogP contribution in [0.4, 0.5) is 4.39 Å². The monoisotopic (exact) mass is 307 g/mol. The fraction of sp³-hybridized carbons (Fsp3) is 0.312. The first-order valence-electron chi connectivity index (χ1n) is 6.72. The van der Waals surface area contributed by atoms with E-state index in [9.17, 15) is 4.39 Å². The predicted molar refractivity (Wildman–Crippen MR) is 79.1 cm³/mol. The Morgan fingerprint density at radius 2 is 2.19 bits per heavy atom. The summed E-state index contributed by atoms with van der Waals surface area (Å²) in [6.07, 6.45) is 2.30. The van der Waals surface area contributed by atoms with Crippen LogP contribution in [0.25, 0.3) is 11.1 Å². The maximum atomic E-state index is 14.6. The van der Waals surface area contributed by atoms with E-state index in [2.05, 4.69) is 4.98 Å². The van der Waals surface area contributed by atoms with E-state index in [0.717, 1.165) is 16.7 Å². The number of ether oxygens (including phenoxy) is 2. The molecule has 0 radical (unpaired) electrons. The zero-order valence-electron chi connectivity index (χ0n) is 11.8. The molecule has 0 amide bonds. The SMILES string of the molecule is COc1cc2c(cn1)CO[C@H](C)Cc1ccc(Cl)c(F)c1-2. The topological polar surface area (TPSA) is 31.4 Å². The molecule has 3 rings (SSSR count). The first-order valence-corrected chi connectivity index (χ1v) is 7.09. The molecule has 0 unspecified atom stereocenters. The van der Waals surface area contributed by atoms with Gasteiger partial charge in [-0.2, -0.15) is 0 Å². The molecule has 0 saturated carbocycles. The van der Waals surface area contributed by atoms with Crippen LogP contribution in [0.5, 0.6) is 5.88 Å². The molecule has 1 aliphatic heterocycles. The average molecular weight is 308 g/mol. The highest BCUT2D eigenvalue weighted by Crippen LogP contribution is 2.37. The number of benzene rings is 1. The second-order valence-electron chi connectivity index (χ2n) is 5.11. The zero-order chi connectivity index (χ0) is 15.0. The van der Waals surface area contributed by atoms with E-state index in [-0.39, 0.29) is 11.1 Å². The highest BCUT2D eigenvalue weighted by atomic mass is 35.5. The molecule has 1 aromatic carbocycles. The molecule has 1 aliphatic rings. The summed E-state index contributed by atoms with van der Waals surface area (Å²) >= 11 is 5.96. The fourth-order valence-electron chi connectivity index (χ4n) is 2.58. The summed E-state index contributed by atoms with van der Waals surface area (Å²) in [5.41, 5.74) is 2.94. The number of methoxy groups -OCH3 is 1. The van der Waals surface area contributed by atoms with Crippen LogP contribution in [0, 0.1) is 5.82 Å². The van der Waals surface area contributed by atoms with E-state index in [4.69, 9.17) is 21.1 Å². The van der Waals surface area contributed by atoms with Gasteiger partial charge in [-0.3, -0.25) is 0 Å². The lowest BCUT2D eigenvalue weighted by molar-refractivity contribution is 0.0527. The first-order chi connectivity index (χ1) is 10.1. The van der Waals surface area contributed by atoms with Crippen LogP contribution in [0.2, 0.25) is 5.02 Å². The molecule has 1 atom stereocenters. The van der Waals surface area contributed by atoms with Gasteiger partial charge in [-0.1, -0.05) is 17.7 Å². The van der Waals surface area contributed by atoms with E-state index in [1.165, 1.54) is 7.11 Å². The summed E-state index contributed by atoms with van der Waals surface area (Å²) in [5, 5.41) is 0.115. The van der Waals surface area contributed by atoms with Gasteiger partial charge in [0.15, 0.2) is 0 Å². The van der Waals surface area contributed by atoms with Gasteiger partial charge in [-0.15, -0.1) is 0 Å². The molecule has 0 fully saturated rings. The maximum Gasteiger partial charge on any atom is 0.213 e. The van der Waals surface area contributed by atoms with E-state index in [1.807, 2.05) is 13.0 Å². The summed E-state index contributed by atoms with van der Waals surface area (Å²) in [6.45, 7) is 2.36. The van der Waals surface area contributed by atoms with Crippen molar-refractivity contribution in [2.75, 3.05) is 7.11 Å². The van der Waals surface area contributed by atoms with Crippen LogP contribution in [0.1, 0.15) is 18.1 Å². The normalized spacial score (nSPS) is 17.4. The van der Waals surface area contributed by atoms with E-state index in [0.29, 0.717) is 24.5 Å². The maximum absolute atomic E-state index is 14.6. The Kier molecular flexibility index (Phi) is 3.83. The smallest absolute Gasteiger partial charge is 0.213 e. The van der Waals surface area contributed by atoms with Crippen molar-refractivity contribution in [1.82, 2.24) is 4.98 Å². The van der Waals surface area contributed by atoms with E-state index >= 15 is 0 Å². The summed E-state index contributed by atoms with van der Waals surface area (Å²) in [5.74, 6) is 0.0328. The lowest BCUT2D eigenvalue weighted by Gasteiger charge is -2.23. The van der Waals surface area contributed by atoms with Crippen LogP contribution < -0.4 is 4.74 Å². The molecule has 1 aromatic heterocycles. The van der Waals surface area contributed by atoms with Gasteiger partial charge < -0.3 is 9.47 Å². The number of halogens is 2. The molecule has 0 saturated heterocycles. The van der Waals surface area contributed by atoms with Crippen molar-refractivity contribution in [3.05, 3.63) is 46.4 Å². The lowest BCUT2D eigenvalue weighted by atomic mass is 9.92. The van der Waals surface area contributed by atoms with Crippen LogP contribution in [-0.2, 0) is 17.8 Å². The molecule has 0 spiro atoms. The third kappa shape index (κ3) is 2.61. The summed E-state index contributed by atoms with van der Waals surface area (Å²) in [7, 11) is 1.53. The Labute approximate surface area is 127 Å². The quantitative estimate of drug-likeness (QED) is 0.797. The van der Waals surface area contributed by atoms with Crippen LogP contribution >= 0.6 is 11.6 Å². The van der Waals surface area contributed by atoms with Crippen molar-refractivity contribution in [3.63, 3.8) is 0 Å². The Hall–Kier alpha value is -1.65. The molecule has 5 heteroatoms. The number of aromatic nitrogens is 1.